The second kappa shape index (κ2) is 5.70. The highest BCUT2D eigenvalue weighted by Gasteiger charge is 2.13. The Morgan fingerprint density at radius 3 is 2.94 bits per heavy atom. The van der Waals surface area contributed by atoms with Gasteiger partial charge in [-0.25, -0.2) is 9.78 Å². The Balaban J connectivity index is 2.62. The van der Waals surface area contributed by atoms with E-state index in [-0.39, 0.29) is 10.7 Å². The Bertz CT molecular complexity index is 380. The van der Waals surface area contributed by atoms with E-state index in [4.69, 9.17) is 22.1 Å². The Labute approximate surface area is 99.8 Å². The van der Waals surface area contributed by atoms with E-state index in [1.807, 2.05) is 0 Å². The van der Waals surface area contributed by atoms with Crippen molar-refractivity contribution in [1.82, 2.24) is 4.98 Å². The predicted molar refractivity (Wildman–Crippen MR) is 63.4 cm³/mol. The zero-order valence-corrected chi connectivity index (χ0v) is 10.1. The number of nitrogens with two attached hydrogens (primary N) is 1. The molecule has 0 aliphatic carbocycles. The lowest BCUT2D eigenvalue weighted by molar-refractivity contribution is 0.0488. The molecule has 0 fully saturated rings. The largest absolute Gasteiger partial charge is 0.462 e. The molecule has 0 bridgehead atoms. The number of pyridine rings is 1. The molecule has 0 atom stereocenters. The van der Waals surface area contributed by atoms with E-state index in [9.17, 15) is 4.79 Å². The minimum Gasteiger partial charge on any atom is -0.462 e. The van der Waals surface area contributed by atoms with Gasteiger partial charge in [-0.1, -0.05) is 25.4 Å². The van der Waals surface area contributed by atoms with Crippen molar-refractivity contribution in [3.63, 3.8) is 0 Å². The van der Waals surface area contributed by atoms with Crippen molar-refractivity contribution in [2.75, 3.05) is 12.3 Å². The maximum absolute atomic E-state index is 11.6. The first-order valence-corrected chi connectivity index (χ1v) is 5.46. The summed E-state index contributed by atoms with van der Waals surface area (Å²) in [6, 6.07) is 1.47. The number of nitrogen functional groups attached to an aromatic ring is 1. The van der Waals surface area contributed by atoms with Crippen LogP contribution < -0.4 is 5.73 Å². The minimum atomic E-state index is -0.481. The average Bonchev–Trinajstić information content (AvgIpc) is 2.21. The number of carbonyl (C=O) groups is 1. The number of ether oxygens (including phenoxy) is 1. The molecule has 0 saturated carbocycles. The summed E-state index contributed by atoms with van der Waals surface area (Å²) in [5.41, 5.74) is 6.12. The van der Waals surface area contributed by atoms with Gasteiger partial charge >= 0.3 is 5.97 Å². The quantitative estimate of drug-likeness (QED) is 0.651. The average molecular weight is 243 g/mol. The van der Waals surface area contributed by atoms with E-state index in [1.165, 1.54) is 12.3 Å². The SMILES string of the molecule is CC(C)CCOC(=O)c1cc(N)cnc1Cl. The molecule has 0 saturated heterocycles. The number of hydrogen-bond acceptors (Lipinski definition) is 4. The lowest BCUT2D eigenvalue weighted by atomic mass is 10.1. The molecule has 2 N–H and O–H groups in total. The summed E-state index contributed by atoms with van der Waals surface area (Å²) in [7, 11) is 0. The standard InChI is InChI=1S/C11H15ClN2O2/c1-7(2)3-4-16-11(15)9-5-8(13)6-14-10(9)12/h5-7H,3-4,13H2,1-2H3. The highest BCUT2D eigenvalue weighted by molar-refractivity contribution is 6.32. The molecule has 0 spiro atoms. The number of hydrogen-bond donors (Lipinski definition) is 1. The molecule has 88 valence electrons. The maximum Gasteiger partial charge on any atom is 0.341 e. The summed E-state index contributed by atoms with van der Waals surface area (Å²) in [4.78, 5) is 15.4. The van der Waals surface area contributed by atoms with Crippen LogP contribution in [0.5, 0.6) is 0 Å². The summed E-state index contributed by atoms with van der Waals surface area (Å²) in [6.45, 7) is 4.49. The second-order valence-corrected chi connectivity index (χ2v) is 4.28. The van der Waals surface area contributed by atoms with Gasteiger partial charge in [0.05, 0.1) is 24.1 Å². The number of anilines is 1. The topological polar surface area (TPSA) is 65.2 Å². The van der Waals surface area contributed by atoms with Crippen molar-refractivity contribution >= 4 is 23.3 Å². The van der Waals surface area contributed by atoms with E-state index >= 15 is 0 Å². The zero-order valence-electron chi connectivity index (χ0n) is 9.37. The Morgan fingerprint density at radius 2 is 2.31 bits per heavy atom. The normalized spacial score (nSPS) is 10.5. The fraction of sp³-hybridized carbons (Fsp3) is 0.455. The molecule has 0 unspecified atom stereocenters. The maximum atomic E-state index is 11.6. The lowest BCUT2D eigenvalue weighted by Gasteiger charge is -2.07. The third kappa shape index (κ3) is 3.70. The van der Waals surface area contributed by atoms with Crippen LogP contribution in [0.3, 0.4) is 0 Å². The van der Waals surface area contributed by atoms with Crippen molar-refractivity contribution < 1.29 is 9.53 Å². The van der Waals surface area contributed by atoms with Crippen molar-refractivity contribution in [1.29, 1.82) is 0 Å². The summed E-state index contributed by atoms with van der Waals surface area (Å²) in [5.74, 6) is 0.00712. The van der Waals surface area contributed by atoms with Gasteiger partial charge in [0.1, 0.15) is 5.15 Å². The summed E-state index contributed by atoms with van der Waals surface area (Å²) >= 11 is 5.77. The second-order valence-electron chi connectivity index (χ2n) is 3.93. The van der Waals surface area contributed by atoms with Crippen LogP contribution in [0, 0.1) is 5.92 Å². The van der Waals surface area contributed by atoms with Crippen LogP contribution in [0.15, 0.2) is 12.3 Å². The molecule has 1 heterocycles. The van der Waals surface area contributed by atoms with Crippen molar-refractivity contribution in [2.24, 2.45) is 5.92 Å². The molecule has 0 aliphatic heterocycles. The van der Waals surface area contributed by atoms with Gasteiger partial charge in [0.2, 0.25) is 0 Å². The van der Waals surface area contributed by atoms with E-state index in [0.29, 0.717) is 18.2 Å². The summed E-state index contributed by atoms with van der Waals surface area (Å²) in [6.07, 6.45) is 2.21. The third-order valence-corrected chi connectivity index (χ3v) is 2.31. The molecular formula is C11H15ClN2O2. The molecule has 0 aliphatic rings. The van der Waals surface area contributed by atoms with Gasteiger partial charge in [0.25, 0.3) is 0 Å². The molecule has 1 aromatic rings. The number of carbonyl (C=O) groups excluding carboxylic acids is 1. The molecule has 0 aromatic carbocycles. The fourth-order valence-corrected chi connectivity index (χ4v) is 1.25. The Hall–Kier alpha value is -1.29. The Kier molecular flexibility index (Phi) is 4.55. The van der Waals surface area contributed by atoms with Crippen LogP contribution in [-0.2, 0) is 4.74 Å². The highest BCUT2D eigenvalue weighted by Crippen LogP contribution is 2.16. The number of nitrogens with zero attached hydrogens (tertiary/aromatic N) is 1. The molecule has 1 rings (SSSR count). The molecule has 16 heavy (non-hydrogen) atoms. The van der Waals surface area contributed by atoms with Crippen molar-refractivity contribution in [2.45, 2.75) is 20.3 Å². The van der Waals surface area contributed by atoms with Gasteiger partial charge in [0.15, 0.2) is 0 Å². The summed E-state index contributed by atoms with van der Waals surface area (Å²) in [5, 5.41) is 0.115. The van der Waals surface area contributed by atoms with Gasteiger partial charge < -0.3 is 10.5 Å². The van der Waals surface area contributed by atoms with Gasteiger partial charge in [-0.15, -0.1) is 0 Å². The van der Waals surface area contributed by atoms with Crippen LogP contribution in [0.1, 0.15) is 30.6 Å². The van der Waals surface area contributed by atoms with Gasteiger partial charge in [-0.05, 0) is 18.4 Å². The van der Waals surface area contributed by atoms with E-state index in [1.54, 1.807) is 0 Å². The molecule has 5 heteroatoms. The van der Waals surface area contributed by atoms with Gasteiger partial charge in [-0.3, -0.25) is 0 Å². The molecule has 4 nitrogen and oxygen atoms in total. The van der Waals surface area contributed by atoms with Crippen LogP contribution in [0.4, 0.5) is 5.69 Å². The predicted octanol–water partition coefficient (Wildman–Crippen LogP) is 2.52. The summed E-state index contributed by atoms with van der Waals surface area (Å²) < 4.78 is 5.06. The monoisotopic (exact) mass is 242 g/mol. The Morgan fingerprint density at radius 1 is 1.62 bits per heavy atom. The smallest absolute Gasteiger partial charge is 0.341 e. The minimum absolute atomic E-state index is 0.115. The van der Waals surface area contributed by atoms with Gasteiger partial charge in [-0.2, -0.15) is 0 Å². The number of rotatable bonds is 4. The highest BCUT2D eigenvalue weighted by atomic mass is 35.5. The van der Waals surface area contributed by atoms with E-state index in [2.05, 4.69) is 18.8 Å². The number of aromatic nitrogens is 1. The van der Waals surface area contributed by atoms with Crippen LogP contribution in [-0.4, -0.2) is 17.6 Å². The van der Waals surface area contributed by atoms with E-state index in [0.717, 1.165) is 6.42 Å². The molecule has 0 amide bonds. The number of halogens is 1. The molecule has 0 radical (unpaired) electrons. The van der Waals surface area contributed by atoms with Crippen molar-refractivity contribution in [3.05, 3.63) is 23.0 Å². The first-order chi connectivity index (χ1) is 7.50. The van der Waals surface area contributed by atoms with Gasteiger partial charge in [0, 0.05) is 0 Å². The zero-order chi connectivity index (χ0) is 12.1. The van der Waals surface area contributed by atoms with Crippen LogP contribution in [0.2, 0.25) is 5.15 Å². The first-order valence-electron chi connectivity index (χ1n) is 5.09. The van der Waals surface area contributed by atoms with Crippen LogP contribution >= 0.6 is 11.6 Å². The van der Waals surface area contributed by atoms with Crippen molar-refractivity contribution in [3.8, 4) is 0 Å². The van der Waals surface area contributed by atoms with E-state index < -0.39 is 5.97 Å². The molecular weight excluding hydrogens is 228 g/mol. The number of esters is 1. The fourth-order valence-electron chi connectivity index (χ4n) is 1.07. The van der Waals surface area contributed by atoms with Crippen LogP contribution in [0.25, 0.3) is 0 Å². The first kappa shape index (κ1) is 12.8. The lowest BCUT2D eigenvalue weighted by Crippen LogP contribution is -2.09. The molecule has 1 aromatic heterocycles. The third-order valence-electron chi connectivity index (χ3n) is 2.01.